The third-order valence-electron chi connectivity index (χ3n) is 5.05. The molecule has 12 heteroatoms. The van der Waals surface area contributed by atoms with Crippen LogP contribution in [-0.4, -0.2) is 38.9 Å². The van der Waals surface area contributed by atoms with Crippen molar-refractivity contribution in [1.82, 2.24) is 24.7 Å². The molecule has 0 unspecified atom stereocenters. The predicted octanol–water partition coefficient (Wildman–Crippen LogP) is 3.14. The zero-order valence-electron chi connectivity index (χ0n) is 17.3. The number of carbonyl (C=O) groups excluding carboxylic acids is 1. The second-order valence-electron chi connectivity index (χ2n) is 7.15. The van der Waals surface area contributed by atoms with E-state index in [9.17, 15) is 22.4 Å². The Hall–Kier alpha value is -3.80. The number of ether oxygens (including phenoxy) is 1. The first-order valence-electron chi connectivity index (χ1n) is 9.75. The van der Waals surface area contributed by atoms with Gasteiger partial charge in [0.05, 0.1) is 48.0 Å². The molecule has 0 saturated carbocycles. The maximum absolute atomic E-state index is 13.8. The van der Waals surface area contributed by atoms with Crippen LogP contribution in [0, 0.1) is 5.82 Å². The smallest absolute Gasteiger partial charge is 0.382 e. The van der Waals surface area contributed by atoms with E-state index in [-0.39, 0.29) is 18.0 Å². The Kier molecular flexibility index (Phi) is 5.85. The Bertz CT molecular complexity index is 1350. The summed E-state index contributed by atoms with van der Waals surface area (Å²) < 4.78 is 57.3. The standard InChI is InChI=1S/C12H10FN5O.C9H8F3NO/c1-15-12(19)6-2-9-8(3-7(6)13)17-11(14)10-4-16-5-18(9)10;10-9(11,12)8-2-1-6-3-4-14-5-7(6)13-8/h2-5H,1H3,(H2,14,17)(H,15,19);1-2H,3-5H2. The van der Waals surface area contributed by atoms with Gasteiger partial charge in [-0.2, -0.15) is 13.2 Å². The molecule has 3 aromatic heterocycles. The molecule has 5 rings (SSSR count). The first-order chi connectivity index (χ1) is 15.7. The number of fused-ring (bicyclic) bond motifs is 4. The summed E-state index contributed by atoms with van der Waals surface area (Å²) in [6.07, 6.45) is -0.626. The zero-order valence-corrected chi connectivity index (χ0v) is 17.3. The van der Waals surface area contributed by atoms with Crippen LogP contribution in [-0.2, 0) is 23.9 Å². The summed E-state index contributed by atoms with van der Waals surface area (Å²) in [6.45, 7) is 0.735. The molecule has 33 heavy (non-hydrogen) atoms. The summed E-state index contributed by atoms with van der Waals surface area (Å²) in [5.41, 5.74) is 7.69. The lowest BCUT2D eigenvalue weighted by Crippen LogP contribution is -2.19. The highest BCUT2D eigenvalue weighted by molar-refractivity contribution is 5.98. The van der Waals surface area contributed by atoms with Crippen LogP contribution >= 0.6 is 0 Å². The van der Waals surface area contributed by atoms with Gasteiger partial charge in [0.15, 0.2) is 0 Å². The van der Waals surface area contributed by atoms with Crippen LogP contribution in [0.2, 0.25) is 0 Å². The van der Waals surface area contributed by atoms with E-state index in [2.05, 4.69) is 20.3 Å². The number of pyridine rings is 1. The number of benzene rings is 1. The van der Waals surface area contributed by atoms with Gasteiger partial charge < -0.3 is 15.8 Å². The van der Waals surface area contributed by atoms with Gasteiger partial charge in [0, 0.05) is 13.1 Å². The fourth-order valence-electron chi connectivity index (χ4n) is 3.40. The normalized spacial score (nSPS) is 13.4. The Balaban J connectivity index is 0.000000165. The minimum absolute atomic E-state index is 0.0448. The predicted molar refractivity (Wildman–Crippen MR) is 111 cm³/mol. The van der Waals surface area contributed by atoms with Crippen LogP contribution in [0.1, 0.15) is 27.3 Å². The van der Waals surface area contributed by atoms with Gasteiger partial charge in [-0.25, -0.2) is 19.3 Å². The molecule has 0 saturated heterocycles. The van der Waals surface area contributed by atoms with E-state index >= 15 is 0 Å². The fourth-order valence-corrected chi connectivity index (χ4v) is 3.40. The number of anilines is 1. The summed E-state index contributed by atoms with van der Waals surface area (Å²) >= 11 is 0. The molecule has 172 valence electrons. The van der Waals surface area contributed by atoms with Gasteiger partial charge in [-0.05, 0) is 24.1 Å². The van der Waals surface area contributed by atoms with E-state index in [0.717, 1.165) is 11.6 Å². The van der Waals surface area contributed by atoms with Crippen molar-refractivity contribution in [3.8, 4) is 0 Å². The number of hydrogen-bond acceptors (Lipinski definition) is 6. The van der Waals surface area contributed by atoms with Crippen molar-refractivity contribution in [2.75, 3.05) is 19.4 Å². The highest BCUT2D eigenvalue weighted by Gasteiger charge is 2.33. The van der Waals surface area contributed by atoms with E-state index in [0.29, 0.717) is 35.3 Å². The zero-order chi connectivity index (χ0) is 23.8. The van der Waals surface area contributed by atoms with E-state index in [4.69, 9.17) is 10.5 Å². The van der Waals surface area contributed by atoms with Crippen LogP contribution in [0.5, 0.6) is 0 Å². The molecule has 0 atom stereocenters. The van der Waals surface area contributed by atoms with Gasteiger partial charge >= 0.3 is 6.18 Å². The Morgan fingerprint density at radius 3 is 2.73 bits per heavy atom. The molecule has 8 nitrogen and oxygen atoms in total. The molecule has 3 N–H and O–H groups in total. The number of nitrogen functional groups attached to an aromatic ring is 1. The summed E-state index contributed by atoms with van der Waals surface area (Å²) in [5, 5.41) is 2.39. The van der Waals surface area contributed by atoms with Crippen LogP contribution in [0.25, 0.3) is 16.6 Å². The second kappa shape index (κ2) is 8.62. The minimum Gasteiger partial charge on any atom is -0.382 e. The summed E-state index contributed by atoms with van der Waals surface area (Å²) in [6, 6.07) is 5.12. The quantitative estimate of drug-likeness (QED) is 0.421. The van der Waals surface area contributed by atoms with E-state index in [1.165, 1.54) is 25.2 Å². The second-order valence-corrected chi connectivity index (χ2v) is 7.15. The lowest BCUT2D eigenvalue weighted by Gasteiger charge is -2.16. The number of hydrogen-bond donors (Lipinski definition) is 2. The third-order valence-corrected chi connectivity index (χ3v) is 5.05. The van der Waals surface area contributed by atoms with Gasteiger partial charge in [0.2, 0.25) is 0 Å². The van der Waals surface area contributed by atoms with Gasteiger partial charge in [0.25, 0.3) is 5.91 Å². The minimum atomic E-state index is -4.37. The van der Waals surface area contributed by atoms with Gasteiger partial charge in [-0.3, -0.25) is 9.20 Å². The lowest BCUT2D eigenvalue weighted by molar-refractivity contribution is -0.141. The molecule has 1 aliphatic heterocycles. The molecule has 1 aliphatic rings. The maximum atomic E-state index is 13.8. The first kappa shape index (κ1) is 22.4. The Morgan fingerprint density at radius 1 is 1.21 bits per heavy atom. The van der Waals surface area contributed by atoms with Crippen LogP contribution < -0.4 is 11.1 Å². The summed E-state index contributed by atoms with van der Waals surface area (Å²) in [4.78, 5) is 23.2. The van der Waals surface area contributed by atoms with E-state index in [1.807, 2.05) is 0 Å². The summed E-state index contributed by atoms with van der Waals surface area (Å²) in [7, 11) is 1.44. The molecule has 4 heterocycles. The van der Waals surface area contributed by atoms with Crippen molar-refractivity contribution in [1.29, 1.82) is 0 Å². The molecule has 0 radical (unpaired) electrons. The van der Waals surface area contributed by atoms with E-state index in [1.54, 1.807) is 16.9 Å². The number of nitrogens with two attached hydrogens (primary N) is 1. The fraction of sp³-hybridized carbons (Fsp3) is 0.238. The largest absolute Gasteiger partial charge is 0.433 e. The van der Waals surface area contributed by atoms with Gasteiger partial charge in [-0.1, -0.05) is 6.07 Å². The summed E-state index contributed by atoms with van der Waals surface area (Å²) in [5.74, 6) is -0.875. The highest BCUT2D eigenvalue weighted by Crippen LogP contribution is 2.29. The van der Waals surface area contributed by atoms with Crippen LogP contribution in [0.15, 0.2) is 36.8 Å². The van der Waals surface area contributed by atoms with Crippen molar-refractivity contribution < 1.29 is 27.1 Å². The van der Waals surface area contributed by atoms with Crippen molar-refractivity contribution in [2.24, 2.45) is 0 Å². The SMILES string of the molecule is CNC(=O)c1cc2c(cc1F)nc(N)c1cncn12.FC(F)(F)c1ccc2c(n1)COCC2. The molecule has 1 aromatic carbocycles. The first-order valence-corrected chi connectivity index (χ1v) is 9.75. The number of halogens is 4. The maximum Gasteiger partial charge on any atom is 0.433 e. The number of nitrogens with zero attached hydrogens (tertiary/aromatic N) is 4. The number of amides is 1. The number of imidazole rings is 1. The molecule has 0 bridgehead atoms. The number of rotatable bonds is 1. The number of aromatic nitrogens is 4. The molecule has 1 amide bonds. The molecule has 0 spiro atoms. The lowest BCUT2D eigenvalue weighted by atomic mass is 10.1. The molecular formula is C21H18F4N6O2. The van der Waals surface area contributed by atoms with Crippen molar-refractivity contribution in [3.05, 3.63) is 65.1 Å². The highest BCUT2D eigenvalue weighted by atomic mass is 19.4. The molecule has 4 aromatic rings. The van der Waals surface area contributed by atoms with Gasteiger partial charge in [0.1, 0.15) is 22.8 Å². The topological polar surface area (TPSA) is 107 Å². The molecule has 0 aliphatic carbocycles. The van der Waals surface area contributed by atoms with Crippen molar-refractivity contribution in [2.45, 2.75) is 19.2 Å². The number of carbonyl (C=O) groups is 1. The molecular weight excluding hydrogens is 444 g/mol. The number of nitrogens with one attached hydrogen (secondary N) is 1. The average molecular weight is 462 g/mol. The third kappa shape index (κ3) is 4.42. The van der Waals surface area contributed by atoms with Crippen molar-refractivity contribution in [3.63, 3.8) is 0 Å². The van der Waals surface area contributed by atoms with Crippen LogP contribution in [0.4, 0.5) is 23.4 Å². The monoisotopic (exact) mass is 462 g/mol. The average Bonchev–Trinajstić information content (AvgIpc) is 3.29. The number of alkyl halides is 3. The Labute approximate surface area is 184 Å². The van der Waals surface area contributed by atoms with Crippen molar-refractivity contribution >= 4 is 28.3 Å². The Morgan fingerprint density at radius 2 is 2.00 bits per heavy atom. The molecule has 0 fully saturated rings. The van der Waals surface area contributed by atoms with Gasteiger partial charge in [-0.15, -0.1) is 0 Å². The van der Waals surface area contributed by atoms with E-state index < -0.39 is 23.6 Å². The van der Waals surface area contributed by atoms with Crippen LogP contribution in [0.3, 0.4) is 0 Å².